The van der Waals surface area contributed by atoms with Crippen LogP contribution in [0.2, 0.25) is 0 Å². The average Bonchev–Trinajstić information content (AvgIpc) is 2.96. The monoisotopic (exact) mass is 291 g/mol. The molecule has 0 aromatic carbocycles. The molecule has 3 rings (SSSR count). The highest BCUT2D eigenvalue weighted by Crippen LogP contribution is 2.36. The van der Waals surface area contributed by atoms with Crippen molar-refractivity contribution in [2.45, 2.75) is 57.6 Å². The van der Waals surface area contributed by atoms with Crippen molar-refractivity contribution in [1.29, 1.82) is 0 Å². The zero-order chi connectivity index (χ0) is 14.8. The molecule has 21 heavy (non-hydrogen) atoms. The fraction of sp³-hybridized carbons (Fsp3) is 0.750. The van der Waals surface area contributed by atoms with Gasteiger partial charge >= 0.3 is 0 Å². The second kappa shape index (κ2) is 6.18. The molecule has 1 aromatic heterocycles. The van der Waals surface area contributed by atoms with Gasteiger partial charge in [0.2, 0.25) is 11.8 Å². The molecule has 0 amide bonds. The van der Waals surface area contributed by atoms with E-state index < -0.39 is 0 Å². The number of anilines is 1. The second-order valence-corrected chi connectivity index (χ2v) is 6.27. The van der Waals surface area contributed by atoms with Crippen LogP contribution in [-0.4, -0.2) is 40.9 Å². The maximum absolute atomic E-state index is 10.4. The molecular weight excluding hydrogens is 266 g/mol. The van der Waals surface area contributed by atoms with Crippen LogP contribution in [0, 0.1) is 12.8 Å². The number of hydrogen-bond acceptors (Lipinski definition) is 5. The Hall–Kier alpha value is -1.36. The van der Waals surface area contributed by atoms with Gasteiger partial charge in [0.05, 0.1) is 13.2 Å². The first kappa shape index (κ1) is 14.6. The van der Waals surface area contributed by atoms with Crippen molar-refractivity contribution in [2.75, 3.05) is 18.6 Å². The molecule has 2 fully saturated rings. The average molecular weight is 291 g/mol. The first-order chi connectivity index (χ1) is 10.2. The zero-order valence-electron chi connectivity index (χ0n) is 13.0. The van der Waals surface area contributed by atoms with Crippen molar-refractivity contribution in [3.63, 3.8) is 0 Å². The van der Waals surface area contributed by atoms with Gasteiger partial charge < -0.3 is 14.7 Å². The number of methoxy groups -OCH3 is 1. The molecular formula is C16H25N3O2. The van der Waals surface area contributed by atoms with Crippen LogP contribution in [0.15, 0.2) is 6.07 Å². The summed E-state index contributed by atoms with van der Waals surface area (Å²) < 4.78 is 5.27. The third-order valence-corrected chi connectivity index (χ3v) is 4.86. The molecule has 1 N–H and O–H groups in total. The summed E-state index contributed by atoms with van der Waals surface area (Å²) in [7, 11) is 1.64. The van der Waals surface area contributed by atoms with E-state index in [-0.39, 0.29) is 6.10 Å². The van der Waals surface area contributed by atoms with Crippen LogP contribution in [0.5, 0.6) is 5.88 Å². The highest BCUT2D eigenvalue weighted by Gasteiger charge is 2.38. The Bertz CT molecular complexity index is 494. The lowest BCUT2D eigenvalue weighted by Crippen LogP contribution is -2.43. The van der Waals surface area contributed by atoms with E-state index in [0.29, 0.717) is 17.8 Å². The fourth-order valence-corrected chi connectivity index (χ4v) is 3.83. The van der Waals surface area contributed by atoms with Crippen LogP contribution in [-0.2, 0) is 0 Å². The quantitative estimate of drug-likeness (QED) is 0.926. The number of aliphatic hydroxyl groups is 1. The second-order valence-electron chi connectivity index (χ2n) is 6.27. The predicted molar refractivity (Wildman–Crippen MR) is 81.7 cm³/mol. The first-order valence-corrected chi connectivity index (χ1v) is 8.03. The Morgan fingerprint density at radius 2 is 2.00 bits per heavy atom. The van der Waals surface area contributed by atoms with Gasteiger partial charge in [0.25, 0.3) is 0 Å². The van der Waals surface area contributed by atoms with E-state index in [4.69, 9.17) is 4.74 Å². The van der Waals surface area contributed by atoms with Gasteiger partial charge in [-0.05, 0) is 32.6 Å². The summed E-state index contributed by atoms with van der Waals surface area (Å²) in [6.07, 6.45) is 6.53. The summed E-state index contributed by atoms with van der Waals surface area (Å²) in [6, 6.07) is 2.22. The summed E-state index contributed by atoms with van der Waals surface area (Å²) in [5, 5.41) is 10.4. The molecule has 1 saturated heterocycles. The van der Waals surface area contributed by atoms with E-state index in [0.717, 1.165) is 50.3 Å². The SMILES string of the molecule is COc1cc(C)nc(N2CCC[C@@H]2[C@H]2CCCC[C@H]2O)n1. The van der Waals surface area contributed by atoms with E-state index >= 15 is 0 Å². The number of ether oxygens (including phenoxy) is 1. The Labute approximate surface area is 126 Å². The number of aliphatic hydroxyl groups excluding tert-OH is 1. The molecule has 3 atom stereocenters. The topological polar surface area (TPSA) is 58.5 Å². The number of aryl methyl sites for hydroxylation is 1. The third-order valence-electron chi connectivity index (χ3n) is 4.86. The maximum atomic E-state index is 10.4. The molecule has 1 aromatic rings. The first-order valence-electron chi connectivity index (χ1n) is 8.03. The number of aromatic nitrogens is 2. The standard InChI is InChI=1S/C16H25N3O2/c1-11-10-15(21-2)18-16(17-11)19-9-5-7-13(19)12-6-3-4-8-14(12)20/h10,12-14,20H,3-9H2,1-2H3/t12-,13-,14-/m1/s1. The summed E-state index contributed by atoms with van der Waals surface area (Å²) in [6.45, 7) is 2.94. The van der Waals surface area contributed by atoms with Gasteiger partial charge in [0.15, 0.2) is 0 Å². The van der Waals surface area contributed by atoms with E-state index in [9.17, 15) is 5.11 Å². The molecule has 0 spiro atoms. The molecule has 0 unspecified atom stereocenters. The molecule has 116 valence electrons. The van der Waals surface area contributed by atoms with E-state index in [1.807, 2.05) is 13.0 Å². The minimum absolute atomic E-state index is 0.170. The normalized spacial score (nSPS) is 29.7. The van der Waals surface area contributed by atoms with Crippen LogP contribution < -0.4 is 9.64 Å². The van der Waals surface area contributed by atoms with Crippen molar-refractivity contribution >= 4 is 5.95 Å². The lowest BCUT2D eigenvalue weighted by molar-refractivity contribution is 0.0564. The third kappa shape index (κ3) is 2.98. The number of rotatable bonds is 3. The Kier molecular flexibility index (Phi) is 4.29. The van der Waals surface area contributed by atoms with E-state index in [1.54, 1.807) is 7.11 Å². The van der Waals surface area contributed by atoms with Gasteiger partial charge in [-0.3, -0.25) is 0 Å². The van der Waals surface area contributed by atoms with Gasteiger partial charge in [0.1, 0.15) is 0 Å². The Balaban J connectivity index is 1.84. The maximum Gasteiger partial charge on any atom is 0.229 e. The molecule has 2 aliphatic rings. The molecule has 1 aliphatic carbocycles. The van der Waals surface area contributed by atoms with Crippen molar-refractivity contribution < 1.29 is 9.84 Å². The van der Waals surface area contributed by atoms with Gasteiger partial charge in [-0.2, -0.15) is 4.98 Å². The lowest BCUT2D eigenvalue weighted by Gasteiger charge is -2.37. The van der Waals surface area contributed by atoms with Gasteiger partial charge in [-0.15, -0.1) is 0 Å². The largest absolute Gasteiger partial charge is 0.481 e. The molecule has 5 heteroatoms. The summed E-state index contributed by atoms with van der Waals surface area (Å²) >= 11 is 0. The van der Waals surface area contributed by atoms with Crippen molar-refractivity contribution in [1.82, 2.24) is 9.97 Å². The molecule has 1 aliphatic heterocycles. The summed E-state index contributed by atoms with van der Waals surface area (Å²) in [4.78, 5) is 11.4. The highest BCUT2D eigenvalue weighted by atomic mass is 16.5. The van der Waals surface area contributed by atoms with Gasteiger partial charge in [-0.1, -0.05) is 12.8 Å². The van der Waals surface area contributed by atoms with Crippen LogP contribution in [0.4, 0.5) is 5.95 Å². The van der Waals surface area contributed by atoms with Crippen LogP contribution in [0.1, 0.15) is 44.2 Å². The van der Waals surface area contributed by atoms with Crippen LogP contribution in [0.25, 0.3) is 0 Å². The number of hydrogen-bond donors (Lipinski definition) is 1. The van der Waals surface area contributed by atoms with Crippen molar-refractivity contribution in [3.8, 4) is 5.88 Å². The Morgan fingerprint density at radius 1 is 1.19 bits per heavy atom. The van der Waals surface area contributed by atoms with Crippen LogP contribution >= 0.6 is 0 Å². The lowest BCUT2D eigenvalue weighted by atomic mass is 9.80. The number of nitrogens with zero attached hydrogens (tertiary/aromatic N) is 3. The molecule has 5 nitrogen and oxygen atoms in total. The van der Waals surface area contributed by atoms with Gasteiger partial charge in [0, 0.05) is 30.3 Å². The van der Waals surface area contributed by atoms with E-state index in [1.165, 1.54) is 6.42 Å². The molecule has 2 heterocycles. The molecule has 0 bridgehead atoms. The van der Waals surface area contributed by atoms with Crippen molar-refractivity contribution in [2.24, 2.45) is 5.92 Å². The summed E-state index contributed by atoms with van der Waals surface area (Å²) in [5.74, 6) is 1.73. The highest BCUT2D eigenvalue weighted by molar-refractivity contribution is 5.37. The molecule has 0 radical (unpaired) electrons. The fourth-order valence-electron chi connectivity index (χ4n) is 3.83. The zero-order valence-corrected chi connectivity index (χ0v) is 13.0. The summed E-state index contributed by atoms with van der Waals surface area (Å²) in [5.41, 5.74) is 0.923. The minimum Gasteiger partial charge on any atom is -0.481 e. The van der Waals surface area contributed by atoms with E-state index in [2.05, 4.69) is 14.9 Å². The van der Waals surface area contributed by atoms with Crippen molar-refractivity contribution in [3.05, 3.63) is 11.8 Å². The predicted octanol–water partition coefficient (Wildman–Crippen LogP) is 2.31. The van der Waals surface area contributed by atoms with Crippen LogP contribution in [0.3, 0.4) is 0 Å². The van der Waals surface area contributed by atoms with Gasteiger partial charge in [-0.25, -0.2) is 4.98 Å². The Morgan fingerprint density at radius 3 is 2.76 bits per heavy atom. The smallest absolute Gasteiger partial charge is 0.229 e. The molecule has 1 saturated carbocycles. The minimum atomic E-state index is -0.170.